The molecule has 1 heterocycles. The molecular weight excluding hydrogens is 498 g/mol. The zero-order valence-corrected chi connectivity index (χ0v) is 20.6. The van der Waals surface area contributed by atoms with Crippen molar-refractivity contribution in [2.45, 2.75) is 43.8 Å². The Kier molecular flexibility index (Phi) is 11.5. The van der Waals surface area contributed by atoms with Crippen molar-refractivity contribution < 1.29 is 29.4 Å². The lowest BCUT2D eigenvalue weighted by atomic mass is 10.0. The minimum Gasteiger partial charge on any atom is -0.508 e. The Balaban J connectivity index is 1.98. The van der Waals surface area contributed by atoms with Gasteiger partial charge in [-0.2, -0.15) is 0 Å². The lowest BCUT2D eigenvalue weighted by Crippen LogP contribution is -2.54. The molecule has 2 rings (SSSR count). The summed E-state index contributed by atoms with van der Waals surface area (Å²) in [5.74, 6) is -3.37. The Hall–Kier alpha value is -4.66. The van der Waals surface area contributed by atoms with Crippen LogP contribution in [0.25, 0.3) is 0 Å². The molecule has 12 N–H and O–H groups in total. The molecule has 15 nitrogen and oxygen atoms in total. The van der Waals surface area contributed by atoms with Gasteiger partial charge in [-0.1, -0.05) is 12.1 Å². The highest BCUT2D eigenvalue weighted by atomic mass is 16.4. The van der Waals surface area contributed by atoms with E-state index in [2.05, 4.69) is 30.9 Å². The average molecular weight is 532 g/mol. The highest BCUT2D eigenvalue weighted by molar-refractivity contribution is 5.92. The third kappa shape index (κ3) is 10.5. The Morgan fingerprint density at radius 1 is 1.03 bits per heavy atom. The molecule has 38 heavy (non-hydrogen) atoms. The number of aromatic nitrogens is 2. The van der Waals surface area contributed by atoms with Crippen LogP contribution in [0, 0.1) is 0 Å². The number of nitrogens with two attached hydrogens (primary N) is 3. The number of aromatic amines is 1. The van der Waals surface area contributed by atoms with Gasteiger partial charge in [0.2, 0.25) is 17.7 Å². The van der Waals surface area contributed by atoms with Gasteiger partial charge in [0, 0.05) is 31.3 Å². The maximum atomic E-state index is 12.9. The van der Waals surface area contributed by atoms with Crippen LogP contribution in [0.5, 0.6) is 5.75 Å². The molecule has 0 saturated carbocycles. The minimum absolute atomic E-state index is 0.0309. The van der Waals surface area contributed by atoms with Crippen molar-refractivity contribution in [1.82, 2.24) is 25.9 Å². The summed E-state index contributed by atoms with van der Waals surface area (Å²) < 4.78 is 0. The molecule has 206 valence electrons. The molecule has 0 fully saturated rings. The number of phenols is 1. The molecular formula is C23H33N9O6. The van der Waals surface area contributed by atoms with E-state index >= 15 is 0 Å². The van der Waals surface area contributed by atoms with Gasteiger partial charge in [-0.3, -0.25) is 19.4 Å². The molecule has 3 atom stereocenters. The van der Waals surface area contributed by atoms with Crippen LogP contribution in [0.15, 0.2) is 41.8 Å². The van der Waals surface area contributed by atoms with E-state index in [1.807, 2.05) is 0 Å². The van der Waals surface area contributed by atoms with E-state index in [0.717, 1.165) is 0 Å². The van der Waals surface area contributed by atoms with Crippen LogP contribution in [-0.2, 0) is 32.0 Å². The minimum atomic E-state index is -1.25. The highest BCUT2D eigenvalue weighted by Gasteiger charge is 2.26. The van der Waals surface area contributed by atoms with Crippen LogP contribution in [0.1, 0.15) is 24.1 Å². The van der Waals surface area contributed by atoms with E-state index in [9.17, 15) is 29.4 Å². The van der Waals surface area contributed by atoms with Gasteiger partial charge < -0.3 is 48.3 Å². The predicted molar refractivity (Wildman–Crippen MR) is 136 cm³/mol. The number of H-pyrrole nitrogens is 1. The summed E-state index contributed by atoms with van der Waals surface area (Å²) in [7, 11) is 0. The number of carbonyl (C=O) groups excluding carboxylic acids is 3. The number of benzene rings is 1. The number of nitrogens with one attached hydrogen (secondary N) is 4. The van der Waals surface area contributed by atoms with Gasteiger partial charge >= 0.3 is 5.97 Å². The smallest absolute Gasteiger partial charge is 0.326 e. The Morgan fingerprint density at radius 2 is 1.74 bits per heavy atom. The Morgan fingerprint density at radius 3 is 2.34 bits per heavy atom. The molecule has 15 heteroatoms. The number of rotatable bonds is 15. The number of phenolic OH excluding ortho intramolecular Hbond substituents is 1. The number of carboxylic acids is 1. The number of aromatic hydroxyl groups is 1. The number of hydrogen-bond donors (Lipinski definition) is 9. The summed E-state index contributed by atoms with van der Waals surface area (Å²) in [6.45, 7) is -0.335. The average Bonchev–Trinajstić information content (AvgIpc) is 3.37. The first-order chi connectivity index (χ1) is 18.0. The molecule has 2 aromatic rings. The van der Waals surface area contributed by atoms with Crippen molar-refractivity contribution in [1.29, 1.82) is 0 Å². The summed E-state index contributed by atoms with van der Waals surface area (Å²) in [5.41, 5.74) is 17.7. The van der Waals surface area contributed by atoms with Crippen molar-refractivity contribution in [3.8, 4) is 5.75 Å². The van der Waals surface area contributed by atoms with Crippen LogP contribution < -0.4 is 33.2 Å². The van der Waals surface area contributed by atoms with Crippen LogP contribution in [0.4, 0.5) is 0 Å². The first-order valence-electron chi connectivity index (χ1n) is 11.7. The van der Waals surface area contributed by atoms with E-state index in [4.69, 9.17) is 17.2 Å². The van der Waals surface area contributed by atoms with Gasteiger partial charge in [-0.15, -0.1) is 0 Å². The van der Waals surface area contributed by atoms with Crippen molar-refractivity contribution in [2.75, 3.05) is 13.1 Å². The molecule has 0 radical (unpaired) electrons. The molecule has 0 aliphatic heterocycles. The van der Waals surface area contributed by atoms with Gasteiger partial charge in [0.1, 0.15) is 17.8 Å². The van der Waals surface area contributed by atoms with Crippen LogP contribution >= 0.6 is 0 Å². The molecule has 3 amide bonds. The van der Waals surface area contributed by atoms with Crippen LogP contribution in [0.2, 0.25) is 0 Å². The summed E-state index contributed by atoms with van der Waals surface area (Å²) in [6.07, 6.45) is 3.55. The topological polar surface area (TPSA) is 264 Å². The number of carboxylic acid groups (broad SMARTS) is 1. The molecule has 3 unspecified atom stereocenters. The molecule has 1 aromatic carbocycles. The fourth-order valence-electron chi connectivity index (χ4n) is 3.38. The van der Waals surface area contributed by atoms with Gasteiger partial charge in [0.25, 0.3) is 0 Å². The largest absolute Gasteiger partial charge is 0.508 e. The van der Waals surface area contributed by atoms with E-state index in [1.54, 1.807) is 12.1 Å². The second-order valence-electron chi connectivity index (χ2n) is 8.44. The number of imidazole rings is 1. The number of carbonyl (C=O) groups is 4. The number of amides is 3. The van der Waals surface area contributed by atoms with Crippen molar-refractivity contribution in [3.05, 3.63) is 48.0 Å². The molecule has 0 bridgehead atoms. The van der Waals surface area contributed by atoms with Crippen molar-refractivity contribution in [2.24, 2.45) is 22.2 Å². The molecule has 0 saturated heterocycles. The first kappa shape index (κ1) is 29.6. The van der Waals surface area contributed by atoms with Crippen molar-refractivity contribution in [3.63, 3.8) is 0 Å². The zero-order chi connectivity index (χ0) is 28.1. The Labute approximate surface area is 218 Å². The maximum Gasteiger partial charge on any atom is 0.326 e. The second-order valence-corrected chi connectivity index (χ2v) is 8.44. The second kappa shape index (κ2) is 14.8. The number of nitrogens with zero attached hydrogens (tertiary/aromatic N) is 2. The first-order valence-corrected chi connectivity index (χ1v) is 11.7. The highest BCUT2D eigenvalue weighted by Crippen LogP contribution is 2.12. The summed E-state index contributed by atoms with van der Waals surface area (Å²) in [5, 5.41) is 26.2. The standard InChI is InChI=1S/C23H33N9O6/c24-16(9-14-10-27-12-30-14)20(35)32-18(8-13-3-5-15(33)6-4-13)21(36)29-11-19(34)31-17(22(37)38)2-1-7-28-23(25)26/h3-6,10,12,16-18,33H,1-2,7-9,11,24H2,(H,27,30)(H,29,36)(H,31,34)(H,32,35)(H,37,38)(H4,25,26,28). The summed E-state index contributed by atoms with van der Waals surface area (Å²) >= 11 is 0. The quantitative estimate of drug-likeness (QED) is 0.0659. The zero-order valence-electron chi connectivity index (χ0n) is 20.6. The fraction of sp³-hybridized carbons (Fsp3) is 0.391. The third-order valence-electron chi connectivity index (χ3n) is 5.34. The molecule has 0 aliphatic carbocycles. The lowest BCUT2D eigenvalue weighted by Gasteiger charge is -2.21. The van der Waals surface area contributed by atoms with Gasteiger partial charge in [0.15, 0.2) is 5.96 Å². The normalized spacial score (nSPS) is 13.0. The third-order valence-corrected chi connectivity index (χ3v) is 5.34. The predicted octanol–water partition coefficient (Wildman–Crippen LogP) is -2.55. The van der Waals surface area contributed by atoms with Gasteiger partial charge in [0.05, 0.1) is 18.9 Å². The van der Waals surface area contributed by atoms with E-state index in [-0.39, 0.29) is 37.5 Å². The monoisotopic (exact) mass is 531 g/mol. The van der Waals surface area contributed by atoms with Crippen LogP contribution in [0.3, 0.4) is 0 Å². The molecule has 0 aliphatic rings. The summed E-state index contributed by atoms with van der Waals surface area (Å²) in [4.78, 5) is 59.9. The lowest BCUT2D eigenvalue weighted by molar-refractivity contribution is -0.142. The molecule has 1 aromatic heterocycles. The summed E-state index contributed by atoms with van der Waals surface area (Å²) in [6, 6.07) is 2.73. The van der Waals surface area contributed by atoms with Gasteiger partial charge in [-0.05, 0) is 30.5 Å². The van der Waals surface area contributed by atoms with E-state index in [0.29, 0.717) is 17.7 Å². The number of aliphatic carboxylic acids is 1. The van der Waals surface area contributed by atoms with E-state index in [1.165, 1.54) is 24.7 Å². The van der Waals surface area contributed by atoms with Crippen molar-refractivity contribution >= 4 is 29.7 Å². The van der Waals surface area contributed by atoms with E-state index < -0.39 is 48.4 Å². The van der Waals surface area contributed by atoms with Gasteiger partial charge in [-0.25, -0.2) is 9.78 Å². The Bertz CT molecular complexity index is 1100. The number of aliphatic imine (C=N–C) groups is 1. The maximum absolute atomic E-state index is 12.9. The molecule has 0 spiro atoms. The number of hydrogen-bond acceptors (Lipinski definition) is 8. The van der Waals surface area contributed by atoms with Crippen LogP contribution in [-0.4, -0.2) is 81.0 Å². The fourth-order valence-corrected chi connectivity index (χ4v) is 3.38. The SMILES string of the molecule is NC(N)=NCCCC(NC(=O)CNC(=O)C(Cc1ccc(O)cc1)NC(=O)C(N)Cc1cnc[nH]1)C(=O)O. The number of guanidine groups is 1.